The fourth-order valence-corrected chi connectivity index (χ4v) is 4.02. The molecule has 6 nitrogen and oxygen atoms in total. The molecule has 0 fully saturated rings. The van der Waals surface area contributed by atoms with E-state index in [0.717, 1.165) is 28.8 Å². The number of aliphatic carboxylic acids is 1. The molecule has 0 heterocycles. The highest BCUT2D eigenvalue weighted by Crippen LogP contribution is 2.36. The van der Waals surface area contributed by atoms with Crippen molar-refractivity contribution in [1.29, 1.82) is 0 Å². The molecule has 0 aliphatic heterocycles. The van der Waals surface area contributed by atoms with Crippen LogP contribution in [-0.4, -0.2) is 38.4 Å². The number of hydrogen-bond donors (Lipinski definition) is 2. The van der Waals surface area contributed by atoms with Crippen molar-refractivity contribution < 1.29 is 37.3 Å². The van der Waals surface area contributed by atoms with Crippen LogP contribution in [0.2, 0.25) is 0 Å². The average molecular weight is 532 g/mol. The van der Waals surface area contributed by atoms with Gasteiger partial charge in [0.15, 0.2) is 0 Å². The minimum atomic E-state index is -4.55. The zero-order valence-corrected chi connectivity index (χ0v) is 21.8. The fraction of sp³-hybridized carbons (Fsp3) is 0.345. The lowest BCUT2D eigenvalue weighted by molar-refractivity contribution is -0.138. The van der Waals surface area contributed by atoms with Gasteiger partial charge in [0.25, 0.3) is 0 Å². The first-order chi connectivity index (χ1) is 18.0. The summed E-state index contributed by atoms with van der Waals surface area (Å²) >= 11 is 0. The third kappa shape index (κ3) is 7.89. The lowest BCUT2D eigenvalue weighted by Crippen LogP contribution is -2.24. The van der Waals surface area contributed by atoms with Crippen molar-refractivity contribution in [2.45, 2.75) is 38.9 Å². The van der Waals surface area contributed by atoms with Gasteiger partial charge in [-0.05, 0) is 78.4 Å². The molecule has 2 N–H and O–H groups in total. The van der Waals surface area contributed by atoms with Gasteiger partial charge in [-0.25, -0.2) is 0 Å². The number of carboxylic acid groups (broad SMARTS) is 1. The second kappa shape index (κ2) is 12.7. The van der Waals surface area contributed by atoms with E-state index < -0.39 is 17.7 Å². The van der Waals surface area contributed by atoms with Crippen LogP contribution in [0, 0.1) is 6.92 Å². The summed E-state index contributed by atoms with van der Waals surface area (Å²) < 4.78 is 57.3. The number of rotatable bonds is 12. The van der Waals surface area contributed by atoms with Gasteiger partial charge >= 0.3 is 12.1 Å². The van der Waals surface area contributed by atoms with E-state index in [1.807, 2.05) is 26.0 Å². The Morgan fingerprint density at radius 1 is 0.947 bits per heavy atom. The molecule has 3 rings (SSSR count). The molecule has 3 aromatic carbocycles. The number of methoxy groups -OCH3 is 2. The smallest absolute Gasteiger partial charge is 0.416 e. The zero-order valence-electron chi connectivity index (χ0n) is 21.8. The van der Waals surface area contributed by atoms with Gasteiger partial charge in [0.2, 0.25) is 0 Å². The van der Waals surface area contributed by atoms with E-state index >= 15 is 0 Å². The van der Waals surface area contributed by atoms with Gasteiger partial charge in [-0.3, -0.25) is 4.79 Å². The quantitative estimate of drug-likeness (QED) is 0.262. The lowest BCUT2D eigenvalue weighted by Gasteiger charge is -2.18. The Labute approximate surface area is 220 Å². The molecule has 0 aromatic heterocycles. The summed E-state index contributed by atoms with van der Waals surface area (Å²) in [7, 11) is 3.14. The number of halogens is 3. The molecule has 204 valence electrons. The maximum atomic E-state index is 13.7. The van der Waals surface area contributed by atoms with Crippen LogP contribution >= 0.6 is 0 Å². The second-order valence-electron chi connectivity index (χ2n) is 8.95. The number of benzene rings is 3. The number of nitrogens with one attached hydrogen (secondary N) is 1. The number of ether oxygens (including phenoxy) is 3. The highest BCUT2D eigenvalue weighted by molar-refractivity contribution is 5.69. The van der Waals surface area contributed by atoms with Crippen LogP contribution in [0.1, 0.15) is 41.6 Å². The number of hydrogen-bond acceptors (Lipinski definition) is 5. The number of alkyl halides is 3. The Hall–Kier alpha value is -3.72. The number of carboxylic acids is 1. The molecular formula is C29H32F3NO5. The SMILES string of the molecule is COc1cc(OC)cc([C@@H](C)NCCOc2cc(-c3ccc(C)c(CCC(=O)O)c3)cc(C(F)(F)F)c2)c1. The highest BCUT2D eigenvalue weighted by atomic mass is 19.4. The third-order valence-electron chi connectivity index (χ3n) is 6.22. The van der Waals surface area contributed by atoms with Gasteiger partial charge in [-0.2, -0.15) is 13.2 Å². The Morgan fingerprint density at radius 2 is 1.63 bits per heavy atom. The predicted molar refractivity (Wildman–Crippen MR) is 139 cm³/mol. The molecule has 38 heavy (non-hydrogen) atoms. The van der Waals surface area contributed by atoms with Crippen molar-refractivity contribution in [2.24, 2.45) is 0 Å². The first kappa shape index (κ1) is 28.8. The minimum Gasteiger partial charge on any atom is -0.497 e. The third-order valence-corrected chi connectivity index (χ3v) is 6.22. The number of aryl methyl sites for hydroxylation is 2. The van der Waals surface area contributed by atoms with E-state index in [0.29, 0.717) is 35.6 Å². The predicted octanol–water partition coefficient (Wildman–Crippen LogP) is 6.44. The summed E-state index contributed by atoms with van der Waals surface area (Å²) in [5.74, 6) is 0.476. The molecule has 0 radical (unpaired) electrons. The molecule has 0 amide bonds. The minimum absolute atomic E-state index is 0.0603. The van der Waals surface area contributed by atoms with Crippen LogP contribution in [0.3, 0.4) is 0 Å². The van der Waals surface area contributed by atoms with Crippen molar-refractivity contribution in [3.8, 4) is 28.4 Å². The zero-order chi connectivity index (χ0) is 27.9. The van der Waals surface area contributed by atoms with Crippen LogP contribution < -0.4 is 19.5 Å². The average Bonchev–Trinajstić information content (AvgIpc) is 2.89. The Morgan fingerprint density at radius 3 is 2.24 bits per heavy atom. The molecule has 0 saturated heterocycles. The van der Waals surface area contributed by atoms with E-state index in [1.54, 1.807) is 44.6 Å². The molecule has 1 atom stereocenters. The summed E-state index contributed by atoms with van der Waals surface area (Å²) in [6.45, 7) is 4.33. The molecule has 9 heteroatoms. The maximum absolute atomic E-state index is 13.7. The van der Waals surface area contributed by atoms with Crippen molar-refractivity contribution in [3.05, 3.63) is 76.9 Å². The summed E-state index contributed by atoms with van der Waals surface area (Å²) in [6.07, 6.45) is -4.32. The second-order valence-corrected chi connectivity index (χ2v) is 8.95. The Kier molecular flexibility index (Phi) is 9.63. The topological polar surface area (TPSA) is 77.0 Å². The summed E-state index contributed by atoms with van der Waals surface area (Å²) in [5.41, 5.74) is 2.68. The first-order valence-electron chi connectivity index (χ1n) is 12.1. The summed E-state index contributed by atoms with van der Waals surface area (Å²) in [4.78, 5) is 11.0. The molecule has 0 spiro atoms. The van der Waals surface area contributed by atoms with Crippen LogP contribution in [0.15, 0.2) is 54.6 Å². The van der Waals surface area contributed by atoms with Gasteiger partial charge < -0.3 is 24.6 Å². The van der Waals surface area contributed by atoms with Crippen molar-refractivity contribution >= 4 is 5.97 Å². The van der Waals surface area contributed by atoms with Crippen LogP contribution in [0.25, 0.3) is 11.1 Å². The number of carbonyl (C=O) groups is 1. The van der Waals surface area contributed by atoms with Gasteiger partial charge in [-0.15, -0.1) is 0 Å². The molecule has 3 aromatic rings. The van der Waals surface area contributed by atoms with E-state index in [2.05, 4.69) is 5.32 Å². The van der Waals surface area contributed by atoms with E-state index in [-0.39, 0.29) is 24.8 Å². The molecule has 0 bridgehead atoms. The molecule has 0 aliphatic carbocycles. The normalized spacial score (nSPS) is 12.2. The van der Waals surface area contributed by atoms with Gasteiger partial charge in [0.1, 0.15) is 23.9 Å². The molecule has 0 unspecified atom stereocenters. The summed E-state index contributed by atoms with van der Waals surface area (Å²) in [5, 5.41) is 12.3. The van der Waals surface area contributed by atoms with E-state index in [1.165, 1.54) is 0 Å². The lowest BCUT2D eigenvalue weighted by atomic mass is 9.96. The van der Waals surface area contributed by atoms with E-state index in [9.17, 15) is 18.0 Å². The Balaban J connectivity index is 1.74. The first-order valence-corrected chi connectivity index (χ1v) is 12.1. The van der Waals surface area contributed by atoms with Gasteiger partial charge in [-0.1, -0.05) is 18.2 Å². The van der Waals surface area contributed by atoms with Gasteiger partial charge in [0, 0.05) is 25.1 Å². The fourth-order valence-electron chi connectivity index (χ4n) is 4.02. The van der Waals surface area contributed by atoms with Crippen LogP contribution in [0.5, 0.6) is 17.2 Å². The summed E-state index contributed by atoms with van der Waals surface area (Å²) in [6, 6.07) is 14.3. The standard InChI is InChI=1S/C29H32F3NO5/c1-18-5-6-21(11-20(18)7-8-28(34)35)23-12-24(29(30,31)32)16-27(15-23)38-10-9-33-19(2)22-13-25(36-3)17-26(14-22)37-4/h5-6,11-17,19,33H,7-10H2,1-4H3,(H,34,35)/t19-/m1/s1. The monoisotopic (exact) mass is 531 g/mol. The van der Waals surface area contributed by atoms with Crippen LogP contribution in [0.4, 0.5) is 13.2 Å². The Bertz CT molecular complexity index is 1240. The van der Waals surface area contributed by atoms with Crippen LogP contribution in [-0.2, 0) is 17.4 Å². The molecule has 0 aliphatic rings. The molecule has 0 saturated carbocycles. The van der Waals surface area contributed by atoms with E-state index in [4.69, 9.17) is 19.3 Å². The van der Waals surface area contributed by atoms with Crippen molar-refractivity contribution in [2.75, 3.05) is 27.4 Å². The van der Waals surface area contributed by atoms with Gasteiger partial charge in [0.05, 0.1) is 19.8 Å². The maximum Gasteiger partial charge on any atom is 0.416 e. The largest absolute Gasteiger partial charge is 0.497 e. The highest BCUT2D eigenvalue weighted by Gasteiger charge is 2.31. The molecular weight excluding hydrogens is 499 g/mol. The van der Waals surface area contributed by atoms with Crippen molar-refractivity contribution in [3.63, 3.8) is 0 Å². The van der Waals surface area contributed by atoms with Crippen molar-refractivity contribution in [1.82, 2.24) is 5.32 Å².